The van der Waals surface area contributed by atoms with Crippen molar-refractivity contribution in [3.63, 3.8) is 0 Å². The number of nitrogens with zero attached hydrogens (tertiary/aromatic N) is 3. The highest BCUT2D eigenvalue weighted by molar-refractivity contribution is 5.63. The second-order valence-electron chi connectivity index (χ2n) is 3.96. The van der Waals surface area contributed by atoms with Crippen molar-refractivity contribution in [3.8, 4) is 6.07 Å². The van der Waals surface area contributed by atoms with Gasteiger partial charge in [0, 0.05) is 25.2 Å². The average Bonchev–Trinajstić information content (AvgIpc) is 2.74. The first kappa shape index (κ1) is 11.4. The van der Waals surface area contributed by atoms with Gasteiger partial charge in [-0.15, -0.1) is 0 Å². The lowest BCUT2D eigenvalue weighted by atomic mass is 10.1. The van der Waals surface area contributed by atoms with Crippen molar-refractivity contribution in [2.45, 2.75) is 12.5 Å². The van der Waals surface area contributed by atoms with Crippen LogP contribution in [0.25, 0.3) is 0 Å². The summed E-state index contributed by atoms with van der Waals surface area (Å²) in [6.07, 6.45) is 0.263. The highest BCUT2D eigenvalue weighted by Gasteiger charge is 2.23. The summed E-state index contributed by atoms with van der Waals surface area (Å²) in [5, 5.41) is 29.0. The van der Waals surface area contributed by atoms with E-state index >= 15 is 0 Å². The van der Waals surface area contributed by atoms with Gasteiger partial charge in [0.25, 0.3) is 5.69 Å². The molecule has 1 saturated heterocycles. The van der Waals surface area contributed by atoms with E-state index in [0.29, 0.717) is 25.2 Å². The number of aliphatic hydroxyl groups excluding tert-OH is 1. The standard InChI is InChI=1S/C11H11N3O3/c12-6-8-5-9(14(16)17)1-2-11(8)13-4-3-10(15)7-13/h1-2,5,10,15H,3-4,7H2. The molecule has 1 aliphatic heterocycles. The van der Waals surface area contributed by atoms with Crippen LogP contribution in [0, 0.1) is 21.4 Å². The van der Waals surface area contributed by atoms with Crippen molar-refractivity contribution in [1.29, 1.82) is 5.26 Å². The van der Waals surface area contributed by atoms with Gasteiger partial charge in [-0.1, -0.05) is 0 Å². The van der Waals surface area contributed by atoms with Gasteiger partial charge in [-0.3, -0.25) is 10.1 Å². The molecule has 0 saturated carbocycles. The molecule has 0 radical (unpaired) electrons. The van der Waals surface area contributed by atoms with Crippen LogP contribution in [0.3, 0.4) is 0 Å². The zero-order valence-electron chi connectivity index (χ0n) is 9.04. The van der Waals surface area contributed by atoms with Crippen LogP contribution in [-0.4, -0.2) is 29.2 Å². The maximum absolute atomic E-state index is 10.6. The van der Waals surface area contributed by atoms with Crippen molar-refractivity contribution in [2.75, 3.05) is 18.0 Å². The molecule has 6 heteroatoms. The van der Waals surface area contributed by atoms with Gasteiger partial charge in [-0.05, 0) is 12.5 Å². The Morgan fingerprint density at radius 1 is 1.59 bits per heavy atom. The largest absolute Gasteiger partial charge is 0.391 e. The van der Waals surface area contributed by atoms with Crippen molar-refractivity contribution in [2.24, 2.45) is 0 Å². The van der Waals surface area contributed by atoms with E-state index in [1.165, 1.54) is 12.1 Å². The Kier molecular flexibility index (Phi) is 2.93. The van der Waals surface area contributed by atoms with E-state index in [4.69, 9.17) is 5.26 Å². The van der Waals surface area contributed by atoms with Crippen molar-refractivity contribution >= 4 is 11.4 Å². The molecule has 0 aliphatic carbocycles. The molecule has 0 amide bonds. The monoisotopic (exact) mass is 233 g/mol. The molecule has 1 heterocycles. The summed E-state index contributed by atoms with van der Waals surface area (Å²) in [4.78, 5) is 11.9. The van der Waals surface area contributed by atoms with Gasteiger partial charge < -0.3 is 10.0 Å². The molecule has 17 heavy (non-hydrogen) atoms. The van der Waals surface area contributed by atoms with Crippen molar-refractivity contribution in [3.05, 3.63) is 33.9 Å². The SMILES string of the molecule is N#Cc1cc([N+](=O)[O-])ccc1N1CCC(O)C1. The number of anilines is 1. The van der Waals surface area contributed by atoms with Crippen LogP contribution in [0.2, 0.25) is 0 Å². The molecule has 1 atom stereocenters. The second kappa shape index (κ2) is 4.39. The summed E-state index contributed by atoms with van der Waals surface area (Å²) in [5.41, 5.74) is 0.827. The number of nitro groups is 1. The Balaban J connectivity index is 2.35. The third kappa shape index (κ3) is 2.19. The maximum Gasteiger partial charge on any atom is 0.270 e. The van der Waals surface area contributed by atoms with Crippen LogP contribution < -0.4 is 4.90 Å². The predicted molar refractivity (Wildman–Crippen MR) is 60.6 cm³/mol. The smallest absolute Gasteiger partial charge is 0.270 e. The summed E-state index contributed by atoms with van der Waals surface area (Å²) in [6.45, 7) is 1.13. The Morgan fingerprint density at radius 3 is 2.88 bits per heavy atom. The van der Waals surface area contributed by atoms with E-state index in [-0.39, 0.29) is 11.3 Å². The van der Waals surface area contributed by atoms with Crippen LogP contribution in [0.15, 0.2) is 18.2 Å². The third-order valence-corrected chi connectivity index (χ3v) is 2.82. The molecule has 1 N–H and O–H groups in total. The highest BCUT2D eigenvalue weighted by atomic mass is 16.6. The quantitative estimate of drug-likeness (QED) is 0.608. The number of non-ortho nitro benzene ring substituents is 1. The topological polar surface area (TPSA) is 90.4 Å². The van der Waals surface area contributed by atoms with E-state index in [2.05, 4.69) is 0 Å². The fraction of sp³-hybridized carbons (Fsp3) is 0.364. The minimum atomic E-state index is -0.524. The molecule has 1 fully saturated rings. The molecule has 0 bridgehead atoms. The summed E-state index contributed by atoms with van der Waals surface area (Å²) < 4.78 is 0. The minimum absolute atomic E-state index is 0.0926. The number of nitro benzene ring substituents is 1. The highest BCUT2D eigenvalue weighted by Crippen LogP contribution is 2.27. The fourth-order valence-corrected chi connectivity index (χ4v) is 1.96. The van der Waals surface area contributed by atoms with E-state index in [0.717, 1.165) is 0 Å². The average molecular weight is 233 g/mol. The first-order chi connectivity index (χ1) is 8.11. The summed E-state index contributed by atoms with van der Waals surface area (Å²) >= 11 is 0. The normalized spacial score (nSPS) is 19.1. The summed E-state index contributed by atoms with van der Waals surface area (Å²) in [5.74, 6) is 0. The second-order valence-corrected chi connectivity index (χ2v) is 3.96. The fourth-order valence-electron chi connectivity index (χ4n) is 1.96. The molecule has 6 nitrogen and oxygen atoms in total. The van der Waals surface area contributed by atoms with E-state index in [1.54, 1.807) is 6.07 Å². The van der Waals surface area contributed by atoms with E-state index in [9.17, 15) is 15.2 Å². The minimum Gasteiger partial charge on any atom is -0.391 e. The Hall–Kier alpha value is -2.13. The Bertz CT molecular complexity index is 495. The van der Waals surface area contributed by atoms with Crippen LogP contribution in [0.4, 0.5) is 11.4 Å². The first-order valence-electron chi connectivity index (χ1n) is 5.23. The third-order valence-electron chi connectivity index (χ3n) is 2.82. The molecule has 0 spiro atoms. The van der Waals surface area contributed by atoms with Gasteiger partial charge in [0.2, 0.25) is 0 Å². The molecule has 0 aromatic heterocycles. The Morgan fingerprint density at radius 2 is 2.35 bits per heavy atom. The van der Waals surface area contributed by atoms with Crippen molar-refractivity contribution in [1.82, 2.24) is 0 Å². The number of β-amino-alcohol motifs (C(OH)–C–C–N with tert-alkyl or cyclic N) is 1. The first-order valence-corrected chi connectivity index (χ1v) is 5.23. The van der Waals surface area contributed by atoms with Gasteiger partial charge >= 0.3 is 0 Å². The van der Waals surface area contributed by atoms with Gasteiger partial charge in [-0.2, -0.15) is 5.26 Å². The number of hydrogen-bond acceptors (Lipinski definition) is 5. The van der Waals surface area contributed by atoms with Crippen LogP contribution in [0.5, 0.6) is 0 Å². The van der Waals surface area contributed by atoms with Crippen LogP contribution in [-0.2, 0) is 0 Å². The molecule has 88 valence electrons. The molecule has 2 rings (SSSR count). The van der Waals surface area contributed by atoms with Gasteiger partial charge in [-0.25, -0.2) is 0 Å². The molecular formula is C11H11N3O3. The van der Waals surface area contributed by atoms with E-state index < -0.39 is 11.0 Å². The number of aliphatic hydroxyl groups is 1. The number of benzene rings is 1. The summed E-state index contributed by atoms with van der Waals surface area (Å²) in [6, 6.07) is 6.16. The zero-order valence-corrected chi connectivity index (χ0v) is 9.04. The lowest BCUT2D eigenvalue weighted by Crippen LogP contribution is -2.22. The van der Waals surface area contributed by atoms with Crippen LogP contribution in [0.1, 0.15) is 12.0 Å². The predicted octanol–water partition coefficient (Wildman–Crippen LogP) is 1.04. The maximum atomic E-state index is 10.6. The Labute approximate surface area is 97.8 Å². The number of rotatable bonds is 2. The lowest BCUT2D eigenvalue weighted by molar-refractivity contribution is -0.384. The number of nitriles is 1. The van der Waals surface area contributed by atoms with Gasteiger partial charge in [0.1, 0.15) is 6.07 Å². The van der Waals surface area contributed by atoms with E-state index in [1.807, 2.05) is 11.0 Å². The lowest BCUT2D eigenvalue weighted by Gasteiger charge is -2.18. The molecule has 1 unspecified atom stereocenters. The zero-order chi connectivity index (χ0) is 12.4. The van der Waals surface area contributed by atoms with Gasteiger partial charge in [0.05, 0.1) is 22.3 Å². The summed E-state index contributed by atoms with van der Waals surface area (Å²) in [7, 11) is 0. The molecule has 1 aromatic carbocycles. The molecular weight excluding hydrogens is 222 g/mol. The van der Waals surface area contributed by atoms with Crippen molar-refractivity contribution < 1.29 is 10.0 Å². The molecule has 1 aliphatic rings. The molecule has 1 aromatic rings. The number of hydrogen-bond donors (Lipinski definition) is 1. The van der Waals surface area contributed by atoms with Gasteiger partial charge in [0.15, 0.2) is 0 Å². The van der Waals surface area contributed by atoms with Crippen LogP contribution >= 0.6 is 0 Å².